The standard InChI is InChI=1S/C22H46N2O3/c1-3-4-5-6-7-8-9-10-11-12-13-14-15-16-22(27)24-19(2)21(26)17-20(23)18-25/h19-21,25-26H,3-18,23H2,1-2H3,(H,24,27)/t19-,20?,21-/m1/s1. The fourth-order valence-corrected chi connectivity index (χ4v) is 3.31. The summed E-state index contributed by atoms with van der Waals surface area (Å²) in [7, 11) is 0. The molecule has 5 heteroatoms. The van der Waals surface area contributed by atoms with E-state index in [2.05, 4.69) is 12.2 Å². The molecule has 27 heavy (non-hydrogen) atoms. The highest BCUT2D eigenvalue weighted by Crippen LogP contribution is 2.13. The topological polar surface area (TPSA) is 95.6 Å². The number of carbonyl (C=O) groups excluding carboxylic acids is 1. The molecule has 0 aliphatic rings. The third-order valence-corrected chi connectivity index (χ3v) is 5.25. The van der Waals surface area contributed by atoms with Gasteiger partial charge < -0.3 is 21.3 Å². The summed E-state index contributed by atoms with van der Waals surface area (Å²) < 4.78 is 0. The van der Waals surface area contributed by atoms with Crippen molar-refractivity contribution in [2.75, 3.05) is 6.61 Å². The molecular weight excluding hydrogens is 340 g/mol. The van der Waals surface area contributed by atoms with E-state index in [1.165, 1.54) is 70.6 Å². The van der Waals surface area contributed by atoms with E-state index in [0.29, 0.717) is 6.42 Å². The first-order chi connectivity index (χ1) is 13.0. The van der Waals surface area contributed by atoms with Gasteiger partial charge in [0.25, 0.3) is 0 Å². The highest BCUT2D eigenvalue weighted by atomic mass is 16.3. The van der Waals surface area contributed by atoms with Crippen molar-refractivity contribution in [1.29, 1.82) is 0 Å². The summed E-state index contributed by atoms with van der Waals surface area (Å²) in [4.78, 5) is 11.9. The normalized spacial score (nSPS) is 14.7. The van der Waals surface area contributed by atoms with Crippen molar-refractivity contribution in [2.24, 2.45) is 5.73 Å². The van der Waals surface area contributed by atoms with Crippen LogP contribution in [0.25, 0.3) is 0 Å². The average Bonchev–Trinajstić information content (AvgIpc) is 2.65. The maximum Gasteiger partial charge on any atom is 0.220 e. The summed E-state index contributed by atoms with van der Waals surface area (Å²) in [6.07, 6.45) is 16.9. The lowest BCUT2D eigenvalue weighted by Crippen LogP contribution is -2.44. The smallest absolute Gasteiger partial charge is 0.220 e. The molecule has 0 aromatic carbocycles. The number of unbranched alkanes of at least 4 members (excludes halogenated alkanes) is 12. The molecule has 5 N–H and O–H groups in total. The molecule has 5 nitrogen and oxygen atoms in total. The molecule has 162 valence electrons. The minimum atomic E-state index is -0.720. The Morgan fingerprint density at radius 3 is 1.78 bits per heavy atom. The number of hydrogen-bond donors (Lipinski definition) is 4. The van der Waals surface area contributed by atoms with Crippen LogP contribution >= 0.6 is 0 Å². The third-order valence-electron chi connectivity index (χ3n) is 5.25. The number of carbonyl (C=O) groups is 1. The molecule has 1 amide bonds. The van der Waals surface area contributed by atoms with Crippen molar-refractivity contribution in [2.45, 2.75) is 128 Å². The zero-order valence-corrected chi connectivity index (χ0v) is 17.9. The predicted molar refractivity (Wildman–Crippen MR) is 114 cm³/mol. The summed E-state index contributed by atoms with van der Waals surface area (Å²) >= 11 is 0. The third kappa shape index (κ3) is 17.2. The maximum atomic E-state index is 11.9. The van der Waals surface area contributed by atoms with E-state index in [1.807, 2.05) is 0 Å². The largest absolute Gasteiger partial charge is 0.395 e. The Morgan fingerprint density at radius 1 is 0.889 bits per heavy atom. The molecule has 0 aromatic rings. The van der Waals surface area contributed by atoms with Gasteiger partial charge in [0.1, 0.15) is 0 Å². The van der Waals surface area contributed by atoms with Crippen LogP contribution < -0.4 is 11.1 Å². The Hall–Kier alpha value is -0.650. The van der Waals surface area contributed by atoms with Gasteiger partial charge in [0.15, 0.2) is 0 Å². The van der Waals surface area contributed by atoms with Crippen LogP contribution in [-0.2, 0) is 4.79 Å². The van der Waals surface area contributed by atoms with E-state index in [0.717, 1.165) is 12.8 Å². The molecule has 0 fully saturated rings. The molecule has 0 rings (SSSR count). The molecule has 3 atom stereocenters. The second kappa shape index (κ2) is 18.7. The van der Waals surface area contributed by atoms with Crippen LogP contribution in [0.15, 0.2) is 0 Å². The van der Waals surface area contributed by atoms with E-state index >= 15 is 0 Å². The molecule has 0 saturated heterocycles. The first-order valence-electron chi connectivity index (χ1n) is 11.3. The van der Waals surface area contributed by atoms with Crippen LogP contribution in [0.5, 0.6) is 0 Å². The molecular formula is C22H46N2O3. The van der Waals surface area contributed by atoms with E-state index < -0.39 is 12.1 Å². The van der Waals surface area contributed by atoms with Crippen molar-refractivity contribution >= 4 is 5.91 Å². The fourth-order valence-electron chi connectivity index (χ4n) is 3.31. The highest BCUT2D eigenvalue weighted by molar-refractivity contribution is 5.76. The number of nitrogens with two attached hydrogens (primary N) is 1. The predicted octanol–water partition coefficient (Wildman–Crippen LogP) is 4.04. The summed E-state index contributed by atoms with van der Waals surface area (Å²) in [5, 5.41) is 21.7. The van der Waals surface area contributed by atoms with E-state index in [1.54, 1.807) is 6.92 Å². The van der Waals surface area contributed by atoms with Gasteiger partial charge in [-0.1, -0.05) is 84.0 Å². The van der Waals surface area contributed by atoms with Crippen molar-refractivity contribution in [3.8, 4) is 0 Å². The van der Waals surface area contributed by atoms with Crippen LogP contribution in [-0.4, -0.2) is 40.9 Å². The monoisotopic (exact) mass is 386 g/mol. The van der Waals surface area contributed by atoms with Crippen LogP contribution in [0.4, 0.5) is 0 Å². The van der Waals surface area contributed by atoms with Crippen molar-refractivity contribution in [3.05, 3.63) is 0 Å². The van der Waals surface area contributed by atoms with Crippen molar-refractivity contribution in [1.82, 2.24) is 5.32 Å². The molecule has 0 spiro atoms. The maximum absolute atomic E-state index is 11.9. The Balaban J connectivity index is 3.43. The average molecular weight is 387 g/mol. The Kier molecular flexibility index (Phi) is 18.3. The number of hydrogen-bond acceptors (Lipinski definition) is 4. The highest BCUT2D eigenvalue weighted by Gasteiger charge is 2.18. The summed E-state index contributed by atoms with van der Waals surface area (Å²) in [6, 6.07) is -0.780. The van der Waals surface area contributed by atoms with Gasteiger partial charge in [-0.15, -0.1) is 0 Å². The summed E-state index contributed by atoms with van der Waals surface area (Å²) in [6.45, 7) is 3.88. The van der Waals surface area contributed by atoms with Gasteiger partial charge in [-0.25, -0.2) is 0 Å². The molecule has 0 heterocycles. The Labute approximate surface area is 167 Å². The van der Waals surface area contributed by atoms with Gasteiger partial charge >= 0.3 is 0 Å². The first-order valence-corrected chi connectivity index (χ1v) is 11.3. The lowest BCUT2D eigenvalue weighted by atomic mass is 10.0. The first kappa shape index (κ1) is 26.4. The fraction of sp³-hybridized carbons (Fsp3) is 0.955. The van der Waals surface area contributed by atoms with Crippen LogP contribution in [0.2, 0.25) is 0 Å². The van der Waals surface area contributed by atoms with Gasteiger partial charge in [0, 0.05) is 12.5 Å². The lowest BCUT2D eigenvalue weighted by molar-refractivity contribution is -0.122. The molecule has 0 radical (unpaired) electrons. The molecule has 0 saturated carbocycles. The second-order valence-electron chi connectivity index (χ2n) is 8.09. The van der Waals surface area contributed by atoms with Gasteiger partial charge in [-0.2, -0.15) is 0 Å². The zero-order valence-electron chi connectivity index (χ0n) is 17.9. The van der Waals surface area contributed by atoms with E-state index in [-0.39, 0.29) is 25.0 Å². The zero-order chi connectivity index (χ0) is 20.3. The van der Waals surface area contributed by atoms with E-state index in [9.17, 15) is 9.90 Å². The van der Waals surface area contributed by atoms with E-state index in [4.69, 9.17) is 10.8 Å². The summed E-state index contributed by atoms with van der Waals surface area (Å²) in [5.41, 5.74) is 5.61. The lowest BCUT2D eigenvalue weighted by Gasteiger charge is -2.22. The van der Waals surface area contributed by atoms with Crippen LogP contribution in [0.3, 0.4) is 0 Å². The number of aliphatic hydroxyl groups is 2. The summed E-state index contributed by atoms with van der Waals surface area (Å²) in [5.74, 6) is -0.0119. The molecule has 0 bridgehead atoms. The molecule has 1 unspecified atom stereocenters. The van der Waals surface area contributed by atoms with Crippen molar-refractivity contribution in [3.63, 3.8) is 0 Å². The number of aliphatic hydroxyl groups excluding tert-OH is 2. The Morgan fingerprint density at radius 2 is 1.33 bits per heavy atom. The molecule has 0 aliphatic carbocycles. The van der Waals surface area contributed by atoms with Crippen molar-refractivity contribution < 1.29 is 15.0 Å². The molecule has 0 aromatic heterocycles. The van der Waals surface area contributed by atoms with Gasteiger partial charge in [-0.05, 0) is 19.8 Å². The number of nitrogens with one attached hydrogen (secondary N) is 1. The SMILES string of the molecule is CCCCCCCCCCCCCCCC(=O)N[C@H](C)[C@H](O)CC(N)CO. The van der Waals surface area contributed by atoms with Gasteiger partial charge in [0.05, 0.1) is 18.8 Å². The number of amides is 1. The van der Waals surface area contributed by atoms with Gasteiger partial charge in [-0.3, -0.25) is 4.79 Å². The minimum absolute atomic E-state index is 0.0119. The van der Waals surface area contributed by atoms with Crippen LogP contribution in [0, 0.1) is 0 Å². The van der Waals surface area contributed by atoms with Gasteiger partial charge in [0.2, 0.25) is 5.91 Å². The molecule has 0 aliphatic heterocycles. The Bertz CT molecular complexity index is 340. The van der Waals surface area contributed by atoms with Crippen LogP contribution in [0.1, 0.15) is 110 Å². The minimum Gasteiger partial charge on any atom is -0.395 e. The quantitative estimate of drug-likeness (QED) is 0.252. The number of rotatable bonds is 19. The second-order valence-corrected chi connectivity index (χ2v) is 8.09.